The van der Waals surface area contributed by atoms with Crippen molar-refractivity contribution < 1.29 is 13.2 Å². The first-order chi connectivity index (χ1) is 15.6. The third kappa shape index (κ3) is 5.22. The van der Waals surface area contributed by atoms with Gasteiger partial charge in [0.2, 0.25) is 5.95 Å². The van der Waals surface area contributed by atoms with Gasteiger partial charge in [0.25, 0.3) is 0 Å². The highest BCUT2D eigenvalue weighted by Gasteiger charge is 2.32. The molecule has 1 saturated carbocycles. The van der Waals surface area contributed by atoms with Crippen molar-refractivity contribution in [3.8, 4) is 17.3 Å². The van der Waals surface area contributed by atoms with Gasteiger partial charge in [0.15, 0.2) is 0 Å². The van der Waals surface area contributed by atoms with Crippen LogP contribution in [-0.4, -0.2) is 39.3 Å². The molecule has 6 nitrogen and oxygen atoms in total. The lowest BCUT2D eigenvalue weighted by Gasteiger charge is -2.28. The molecule has 1 aliphatic rings. The average molecular weight is 477 g/mol. The van der Waals surface area contributed by atoms with Crippen LogP contribution in [0.5, 0.6) is 0 Å². The van der Waals surface area contributed by atoms with E-state index in [0.717, 1.165) is 30.6 Å². The molecule has 0 aliphatic heterocycles. The van der Waals surface area contributed by atoms with Gasteiger partial charge in [-0.15, -0.1) is 0 Å². The summed E-state index contributed by atoms with van der Waals surface area (Å²) in [7, 11) is 1.38. The van der Waals surface area contributed by atoms with E-state index < -0.39 is 12.7 Å². The summed E-state index contributed by atoms with van der Waals surface area (Å²) in [6.45, 7) is 1.61. The summed E-state index contributed by atoms with van der Waals surface area (Å²) in [6, 6.07) is 5.21. The van der Waals surface area contributed by atoms with Gasteiger partial charge in [-0.25, -0.2) is 9.97 Å². The summed E-state index contributed by atoms with van der Waals surface area (Å²) in [5, 5.41) is 9.89. The van der Waals surface area contributed by atoms with Crippen molar-refractivity contribution >= 4 is 28.6 Å². The van der Waals surface area contributed by atoms with Crippen LogP contribution in [0.15, 0.2) is 24.5 Å². The Kier molecular flexibility index (Phi) is 6.48. The van der Waals surface area contributed by atoms with E-state index in [9.17, 15) is 18.4 Å². The van der Waals surface area contributed by atoms with E-state index in [-0.39, 0.29) is 11.6 Å². The fourth-order valence-electron chi connectivity index (χ4n) is 4.52. The highest BCUT2D eigenvalue weighted by atomic mass is 35.5. The van der Waals surface area contributed by atoms with Gasteiger partial charge in [-0.05, 0) is 30.7 Å². The summed E-state index contributed by atoms with van der Waals surface area (Å²) in [4.78, 5) is 14.3. The molecule has 3 aromatic heterocycles. The summed E-state index contributed by atoms with van der Waals surface area (Å²) in [5.74, 6) is 1.17. The zero-order valence-electron chi connectivity index (χ0n) is 18.4. The fraction of sp³-hybridized carbons (Fsp3) is 0.478. The molecule has 3 aromatic rings. The van der Waals surface area contributed by atoms with Crippen molar-refractivity contribution in [1.29, 1.82) is 5.26 Å². The van der Waals surface area contributed by atoms with E-state index in [4.69, 9.17) is 11.6 Å². The monoisotopic (exact) mass is 476 g/mol. The van der Waals surface area contributed by atoms with Gasteiger partial charge >= 0.3 is 6.18 Å². The predicted molar refractivity (Wildman–Crippen MR) is 121 cm³/mol. The predicted octanol–water partition coefficient (Wildman–Crippen LogP) is 5.84. The van der Waals surface area contributed by atoms with Crippen LogP contribution in [0.2, 0.25) is 5.02 Å². The lowest BCUT2D eigenvalue weighted by atomic mass is 9.83. The number of alkyl halides is 3. The maximum Gasteiger partial charge on any atom is 0.406 e. The number of nitrogens with zero attached hydrogens (tertiary/aromatic N) is 6. The smallest absolute Gasteiger partial charge is 0.336 e. The lowest BCUT2D eigenvalue weighted by molar-refractivity contribution is -0.119. The molecule has 174 valence electrons. The zero-order chi connectivity index (χ0) is 23.8. The molecule has 4 rings (SSSR count). The van der Waals surface area contributed by atoms with Crippen LogP contribution < -0.4 is 4.90 Å². The molecule has 33 heavy (non-hydrogen) atoms. The van der Waals surface area contributed by atoms with Crippen LogP contribution in [0.4, 0.5) is 19.1 Å². The highest BCUT2D eigenvalue weighted by Crippen LogP contribution is 2.36. The Morgan fingerprint density at radius 2 is 1.91 bits per heavy atom. The number of nitriles is 1. The molecule has 0 unspecified atom stereocenters. The maximum atomic E-state index is 13.2. The van der Waals surface area contributed by atoms with Crippen LogP contribution in [0, 0.1) is 23.2 Å². The number of imidazole rings is 1. The molecule has 1 fully saturated rings. The Balaban J connectivity index is 1.91. The molecule has 0 amide bonds. The van der Waals surface area contributed by atoms with Crippen molar-refractivity contribution in [3.63, 3.8) is 0 Å². The average Bonchev–Trinajstić information content (AvgIpc) is 3.12. The largest absolute Gasteiger partial charge is 0.406 e. The van der Waals surface area contributed by atoms with E-state index in [2.05, 4.69) is 21.9 Å². The number of hydrogen-bond donors (Lipinski definition) is 0. The second-order valence-electron chi connectivity index (χ2n) is 8.85. The standard InChI is InChI=1S/C23H24ClF3N6/c1-14-3-5-15(6-4-14)12-33-21-19(31-22(33)32(2)13-23(25,26)27)8-18(9-28)30-20(21)16-7-17(24)11-29-10-16/h7-8,10-11,14-15H,3-6,12-13H2,1-2H3. The minimum atomic E-state index is -4.38. The van der Waals surface area contributed by atoms with Gasteiger partial charge in [-0.2, -0.15) is 18.4 Å². The molecular formula is C23H24ClF3N6. The summed E-state index contributed by atoms with van der Waals surface area (Å²) in [6.07, 6.45) is 2.86. The molecule has 0 N–H and O–H groups in total. The van der Waals surface area contributed by atoms with Gasteiger partial charge in [0.1, 0.15) is 18.3 Å². The summed E-state index contributed by atoms with van der Waals surface area (Å²) in [5.41, 5.74) is 2.14. The van der Waals surface area contributed by atoms with Gasteiger partial charge in [-0.3, -0.25) is 4.98 Å². The number of rotatable bonds is 5. The Bertz CT molecular complexity index is 1190. The highest BCUT2D eigenvalue weighted by molar-refractivity contribution is 6.30. The van der Waals surface area contributed by atoms with Gasteiger partial charge < -0.3 is 9.47 Å². The van der Waals surface area contributed by atoms with Crippen LogP contribution in [-0.2, 0) is 6.54 Å². The van der Waals surface area contributed by atoms with E-state index in [1.54, 1.807) is 12.3 Å². The second-order valence-corrected chi connectivity index (χ2v) is 9.28. The number of hydrogen-bond acceptors (Lipinski definition) is 5. The molecular weight excluding hydrogens is 453 g/mol. The number of aromatic nitrogens is 4. The SMILES string of the molecule is CC1CCC(Cn2c(N(C)CC(F)(F)F)nc3cc(C#N)nc(-c4cncc(Cl)c4)c32)CC1. The van der Waals surface area contributed by atoms with E-state index in [1.807, 2.05) is 10.6 Å². The number of anilines is 1. The van der Waals surface area contributed by atoms with Crippen molar-refractivity contribution in [2.75, 3.05) is 18.5 Å². The van der Waals surface area contributed by atoms with Gasteiger partial charge in [0, 0.05) is 37.6 Å². The van der Waals surface area contributed by atoms with Crippen molar-refractivity contribution in [1.82, 2.24) is 19.5 Å². The first kappa shape index (κ1) is 23.3. The fourth-order valence-corrected chi connectivity index (χ4v) is 4.69. The van der Waals surface area contributed by atoms with Gasteiger partial charge in [0.05, 0.1) is 21.7 Å². The molecule has 0 atom stereocenters. The molecule has 0 aromatic carbocycles. The Hall–Kier alpha value is -2.86. The normalized spacial score (nSPS) is 18.9. The third-order valence-corrected chi connectivity index (χ3v) is 6.34. The number of halogens is 4. The van der Waals surface area contributed by atoms with Crippen molar-refractivity contribution in [3.05, 3.63) is 35.2 Å². The molecule has 0 spiro atoms. The van der Waals surface area contributed by atoms with Crippen LogP contribution in [0.1, 0.15) is 38.3 Å². The molecule has 10 heteroatoms. The molecule has 0 bridgehead atoms. The molecule has 0 radical (unpaired) electrons. The number of fused-ring (bicyclic) bond motifs is 1. The third-order valence-electron chi connectivity index (χ3n) is 6.13. The first-order valence-corrected chi connectivity index (χ1v) is 11.2. The van der Waals surface area contributed by atoms with E-state index in [1.165, 1.54) is 19.3 Å². The Morgan fingerprint density at radius 3 is 2.55 bits per heavy atom. The van der Waals surface area contributed by atoms with Gasteiger partial charge in [-0.1, -0.05) is 31.4 Å². The van der Waals surface area contributed by atoms with Crippen molar-refractivity contribution in [2.24, 2.45) is 11.8 Å². The van der Waals surface area contributed by atoms with E-state index in [0.29, 0.717) is 45.7 Å². The lowest BCUT2D eigenvalue weighted by Crippen LogP contribution is -2.33. The van der Waals surface area contributed by atoms with E-state index >= 15 is 0 Å². The number of pyridine rings is 2. The Labute approximate surface area is 195 Å². The quantitative estimate of drug-likeness (QED) is 0.462. The topological polar surface area (TPSA) is 70.6 Å². The second kappa shape index (κ2) is 9.18. The van der Waals surface area contributed by atoms with Crippen molar-refractivity contribution in [2.45, 2.75) is 45.3 Å². The minimum Gasteiger partial charge on any atom is -0.336 e. The maximum absolute atomic E-state index is 13.2. The van der Waals surface area contributed by atoms with Crippen LogP contribution in [0.3, 0.4) is 0 Å². The molecule has 3 heterocycles. The first-order valence-electron chi connectivity index (χ1n) is 10.8. The minimum absolute atomic E-state index is 0.124. The summed E-state index contributed by atoms with van der Waals surface area (Å²) < 4.78 is 41.5. The molecule has 1 aliphatic carbocycles. The zero-order valence-corrected chi connectivity index (χ0v) is 19.2. The van der Waals surface area contributed by atoms with Crippen LogP contribution in [0.25, 0.3) is 22.3 Å². The Morgan fingerprint density at radius 1 is 1.18 bits per heavy atom. The molecule has 0 saturated heterocycles. The van der Waals surface area contributed by atoms with Crippen LogP contribution >= 0.6 is 11.6 Å². The summed E-state index contributed by atoms with van der Waals surface area (Å²) >= 11 is 6.15.